The minimum atomic E-state index is -1.11. The van der Waals surface area contributed by atoms with Crippen molar-refractivity contribution in [1.82, 2.24) is 19.5 Å². The van der Waals surface area contributed by atoms with Crippen LogP contribution in [0.3, 0.4) is 0 Å². The molecule has 1 aliphatic heterocycles. The highest BCUT2D eigenvalue weighted by atomic mass is 35.5. The maximum absolute atomic E-state index is 10.0. The van der Waals surface area contributed by atoms with Crippen molar-refractivity contribution in [3.05, 3.63) is 12.7 Å². The summed E-state index contributed by atoms with van der Waals surface area (Å²) in [5, 5.41) is 19.8. The normalized spacial score (nSPS) is 31.1. The number of nitrogens with zero attached hydrogens (tertiary/aromatic N) is 4. The minimum Gasteiger partial charge on any atom is -0.387 e. The maximum Gasteiger partial charge on any atom is 0.167 e. The Balaban J connectivity index is 2.04. The molecule has 2 aromatic heterocycles. The number of nitrogen functional groups attached to an aromatic ring is 1. The van der Waals surface area contributed by atoms with Gasteiger partial charge in [0.15, 0.2) is 17.7 Å². The van der Waals surface area contributed by atoms with Crippen LogP contribution in [0, 0.1) is 0 Å². The van der Waals surface area contributed by atoms with Crippen molar-refractivity contribution >= 4 is 28.6 Å². The van der Waals surface area contributed by atoms with E-state index in [1.54, 1.807) is 0 Å². The Morgan fingerprint density at radius 3 is 2.79 bits per heavy atom. The Morgan fingerprint density at radius 2 is 2.11 bits per heavy atom. The van der Waals surface area contributed by atoms with Gasteiger partial charge in [0.1, 0.15) is 30.2 Å². The summed E-state index contributed by atoms with van der Waals surface area (Å²) in [4.78, 5) is 12.0. The third-order valence-corrected chi connectivity index (χ3v) is 3.45. The molecule has 3 heterocycles. The number of hydrogen-bond acceptors (Lipinski definition) is 7. The Hall–Kier alpha value is -1.48. The first-order valence-corrected chi connectivity index (χ1v) is 6.17. The first-order valence-electron chi connectivity index (χ1n) is 5.64. The summed E-state index contributed by atoms with van der Waals surface area (Å²) in [5.74, 6) is 0.323. The molecule has 4 N–H and O–H groups in total. The van der Waals surface area contributed by atoms with Crippen LogP contribution < -0.4 is 5.73 Å². The predicted octanol–water partition coefficient (Wildman–Crippen LogP) is -0.734. The van der Waals surface area contributed by atoms with Gasteiger partial charge in [0.05, 0.1) is 12.2 Å². The minimum absolute atomic E-state index is 0.0818. The van der Waals surface area contributed by atoms with Crippen LogP contribution in [0.25, 0.3) is 11.2 Å². The highest BCUT2D eigenvalue weighted by Crippen LogP contribution is 2.32. The second-order valence-electron chi connectivity index (χ2n) is 4.28. The monoisotopic (exact) mass is 285 g/mol. The number of alkyl halides is 1. The second kappa shape index (κ2) is 4.57. The molecule has 8 nitrogen and oxygen atoms in total. The van der Waals surface area contributed by atoms with Gasteiger partial charge in [-0.1, -0.05) is 0 Å². The Morgan fingerprint density at radius 1 is 1.32 bits per heavy atom. The number of aliphatic hydroxyl groups excluding tert-OH is 2. The van der Waals surface area contributed by atoms with Crippen LogP contribution in [0.2, 0.25) is 0 Å². The van der Waals surface area contributed by atoms with Crippen molar-refractivity contribution in [3.8, 4) is 0 Å². The quantitative estimate of drug-likeness (QED) is 0.622. The number of ether oxygens (including phenoxy) is 1. The molecule has 19 heavy (non-hydrogen) atoms. The van der Waals surface area contributed by atoms with Gasteiger partial charge in [-0.3, -0.25) is 4.57 Å². The van der Waals surface area contributed by atoms with E-state index >= 15 is 0 Å². The number of hydrogen-bond donors (Lipinski definition) is 3. The number of imidazole rings is 1. The standard InChI is InChI=1S/C10H12ClN5O3/c11-1-4-6(17)7(18)10(19-4)16-3-15-5-8(12)13-2-14-9(5)16/h2-4,6-7,10,17-18H,1H2,(H2,12,13,14)/t4-,6?,7?,10-/m1/s1. The van der Waals surface area contributed by atoms with Crippen molar-refractivity contribution in [1.29, 1.82) is 0 Å². The second-order valence-corrected chi connectivity index (χ2v) is 4.59. The van der Waals surface area contributed by atoms with Gasteiger partial charge in [-0.25, -0.2) is 15.0 Å². The Labute approximate surface area is 112 Å². The van der Waals surface area contributed by atoms with Crippen LogP contribution in [0.4, 0.5) is 5.82 Å². The largest absolute Gasteiger partial charge is 0.387 e. The van der Waals surface area contributed by atoms with E-state index in [9.17, 15) is 10.2 Å². The molecule has 0 amide bonds. The molecule has 0 aliphatic carbocycles. The molecule has 9 heteroatoms. The van der Waals surface area contributed by atoms with Crippen LogP contribution in [0.15, 0.2) is 12.7 Å². The van der Waals surface area contributed by atoms with Crippen molar-refractivity contribution < 1.29 is 14.9 Å². The summed E-state index contributed by atoms with van der Waals surface area (Å²) in [6.07, 6.45) is -0.882. The number of anilines is 1. The molecule has 1 aliphatic rings. The average molecular weight is 286 g/mol. The van der Waals surface area contributed by atoms with E-state index in [4.69, 9.17) is 22.1 Å². The fourth-order valence-electron chi connectivity index (χ4n) is 2.14. The van der Waals surface area contributed by atoms with Gasteiger partial charge in [-0.15, -0.1) is 11.6 Å². The number of nitrogens with two attached hydrogens (primary N) is 1. The van der Waals surface area contributed by atoms with Gasteiger partial charge in [0.25, 0.3) is 0 Å². The third-order valence-electron chi connectivity index (χ3n) is 3.15. The molecule has 0 saturated carbocycles. The molecule has 0 radical (unpaired) electrons. The molecule has 0 spiro atoms. The van der Waals surface area contributed by atoms with E-state index in [0.717, 1.165) is 0 Å². The molecule has 2 unspecified atom stereocenters. The number of fused-ring (bicyclic) bond motifs is 1. The molecule has 0 bridgehead atoms. The predicted molar refractivity (Wildman–Crippen MR) is 66.4 cm³/mol. The molecule has 3 rings (SSSR count). The smallest absolute Gasteiger partial charge is 0.167 e. The van der Waals surface area contributed by atoms with Crippen molar-refractivity contribution in [2.24, 2.45) is 0 Å². The summed E-state index contributed by atoms with van der Waals surface area (Å²) in [6, 6.07) is 0. The van der Waals surface area contributed by atoms with Gasteiger partial charge in [0, 0.05) is 0 Å². The summed E-state index contributed by atoms with van der Waals surface area (Å²) in [6.45, 7) is 0. The van der Waals surface area contributed by atoms with Gasteiger partial charge in [-0.05, 0) is 0 Å². The highest BCUT2D eigenvalue weighted by molar-refractivity contribution is 6.18. The Kier molecular flexibility index (Phi) is 3.02. The van der Waals surface area contributed by atoms with Gasteiger partial charge < -0.3 is 20.7 Å². The number of halogens is 1. The zero-order valence-electron chi connectivity index (χ0n) is 9.72. The molecule has 1 saturated heterocycles. The molecule has 0 aromatic carbocycles. The van der Waals surface area contributed by atoms with Gasteiger partial charge in [-0.2, -0.15) is 0 Å². The lowest BCUT2D eigenvalue weighted by Gasteiger charge is -2.16. The number of aliphatic hydroxyl groups is 2. The highest BCUT2D eigenvalue weighted by Gasteiger charge is 2.43. The van der Waals surface area contributed by atoms with Crippen molar-refractivity contribution in [2.75, 3.05) is 11.6 Å². The lowest BCUT2D eigenvalue weighted by atomic mass is 10.1. The number of aromatic nitrogens is 4. The zero-order chi connectivity index (χ0) is 13.6. The zero-order valence-corrected chi connectivity index (χ0v) is 10.5. The van der Waals surface area contributed by atoms with Crippen LogP contribution in [-0.2, 0) is 4.74 Å². The fourth-order valence-corrected chi connectivity index (χ4v) is 2.40. The lowest BCUT2D eigenvalue weighted by molar-refractivity contribution is -0.0291. The van der Waals surface area contributed by atoms with Crippen molar-refractivity contribution in [2.45, 2.75) is 24.5 Å². The molecule has 1 fully saturated rings. The fraction of sp³-hybridized carbons (Fsp3) is 0.500. The van der Waals surface area contributed by atoms with E-state index < -0.39 is 24.5 Å². The van der Waals surface area contributed by atoms with Crippen LogP contribution in [-0.4, -0.2) is 53.9 Å². The maximum atomic E-state index is 10.0. The first kappa shape index (κ1) is 12.5. The summed E-state index contributed by atoms with van der Waals surface area (Å²) in [5.41, 5.74) is 6.53. The molecular formula is C10H12ClN5O3. The molecule has 2 aromatic rings. The van der Waals surface area contributed by atoms with E-state index in [1.807, 2.05) is 0 Å². The SMILES string of the molecule is Nc1ncnc2c1ncn2[C@@H]1O[C@H](CCl)C(O)C1O. The topological polar surface area (TPSA) is 119 Å². The lowest BCUT2D eigenvalue weighted by Crippen LogP contribution is -2.32. The van der Waals surface area contributed by atoms with Crippen LogP contribution in [0.1, 0.15) is 6.23 Å². The van der Waals surface area contributed by atoms with Crippen LogP contribution >= 0.6 is 11.6 Å². The molecule has 102 valence electrons. The summed E-state index contributed by atoms with van der Waals surface area (Å²) < 4.78 is 7.03. The van der Waals surface area contributed by atoms with E-state index in [1.165, 1.54) is 17.2 Å². The van der Waals surface area contributed by atoms with Gasteiger partial charge >= 0.3 is 0 Å². The molecule has 4 atom stereocenters. The van der Waals surface area contributed by atoms with E-state index in [0.29, 0.717) is 11.2 Å². The van der Waals surface area contributed by atoms with Crippen LogP contribution in [0.5, 0.6) is 0 Å². The average Bonchev–Trinajstić information content (AvgIpc) is 2.94. The summed E-state index contributed by atoms with van der Waals surface area (Å²) >= 11 is 5.67. The third kappa shape index (κ3) is 1.84. The first-order chi connectivity index (χ1) is 9.13. The summed E-state index contributed by atoms with van der Waals surface area (Å²) in [7, 11) is 0. The van der Waals surface area contributed by atoms with Crippen molar-refractivity contribution in [3.63, 3.8) is 0 Å². The Bertz CT molecular complexity index is 606. The molecular weight excluding hydrogens is 274 g/mol. The van der Waals surface area contributed by atoms with E-state index in [2.05, 4.69) is 15.0 Å². The van der Waals surface area contributed by atoms with E-state index in [-0.39, 0.29) is 11.7 Å². The number of rotatable bonds is 2. The van der Waals surface area contributed by atoms with Gasteiger partial charge in [0.2, 0.25) is 0 Å².